The summed E-state index contributed by atoms with van der Waals surface area (Å²) in [6.45, 7) is 2.18. The number of benzene rings is 2. The highest BCUT2D eigenvalue weighted by Crippen LogP contribution is 2.29. The van der Waals surface area contributed by atoms with Gasteiger partial charge in [-0.3, -0.25) is 4.79 Å². The number of Topliss-reactive ketones (excluding diaryl/α,β-unsaturated/α-hetero) is 1. The molecule has 0 aromatic heterocycles. The Morgan fingerprint density at radius 3 is 2.43 bits per heavy atom. The van der Waals surface area contributed by atoms with Crippen LogP contribution >= 0.6 is 11.6 Å². The van der Waals surface area contributed by atoms with Gasteiger partial charge in [0.15, 0.2) is 5.78 Å². The van der Waals surface area contributed by atoms with E-state index in [0.717, 1.165) is 5.56 Å². The van der Waals surface area contributed by atoms with E-state index >= 15 is 0 Å². The average Bonchev–Trinajstić information content (AvgIpc) is 2.52. The third kappa shape index (κ3) is 4.31. The lowest BCUT2D eigenvalue weighted by molar-refractivity contribution is 0.0988. The number of nitrogens with one attached hydrogen (secondary N) is 1. The molecule has 23 heavy (non-hydrogen) atoms. The molecule has 2 rings (SSSR count). The van der Waals surface area contributed by atoms with Crippen molar-refractivity contribution >= 4 is 33.1 Å². The van der Waals surface area contributed by atoms with Gasteiger partial charge in [-0.1, -0.05) is 48.9 Å². The first-order valence-corrected chi connectivity index (χ1v) is 8.92. The summed E-state index contributed by atoms with van der Waals surface area (Å²) in [4.78, 5) is 11.9. The van der Waals surface area contributed by atoms with Crippen LogP contribution in [0.25, 0.3) is 0 Å². The van der Waals surface area contributed by atoms with Crippen LogP contribution in [0.3, 0.4) is 0 Å². The van der Waals surface area contributed by atoms with E-state index in [1.807, 2.05) is 30.3 Å². The van der Waals surface area contributed by atoms with Crippen molar-refractivity contribution in [3.63, 3.8) is 0 Å². The summed E-state index contributed by atoms with van der Waals surface area (Å²) in [6.07, 6.45) is 0.242. The largest absolute Gasteiger partial charge is 0.380 e. The minimum absolute atomic E-state index is 0.0179. The van der Waals surface area contributed by atoms with E-state index < -0.39 is 10.0 Å². The molecule has 2 aromatic carbocycles. The van der Waals surface area contributed by atoms with Gasteiger partial charge in [0.05, 0.1) is 5.02 Å². The van der Waals surface area contributed by atoms with Gasteiger partial charge in [0.2, 0.25) is 10.0 Å². The van der Waals surface area contributed by atoms with E-state index in [-0.39, 0.29) is 27.7 Å². The monoisotopic (exact) mass is 352 g/mol. The van der Waals surface area contributed by atoms with Crippen LogP contribution in [0.4, 0.5) is 5.69 Å². The zero-order valence-electron chi connectivity index (χ0n) is 12.5. The molecular formula is C16H17ClN2O3S. The van der Waals surface area contributed by atoms with Gasteiger partial charge in [-0.05, 0) is 17.7 Å². The Kier molecular flexibility index (Phi) is 5.41. The smallest absolute Gasteiger partial charge is 0.239 e. The molecule has 0 saturated heterocycles. The highest BCUT2D eigenvalue weighted by Gasteiger charge is 2.19. The second-order valence-corrected chi connectivity index (χ2v) is 6.93. The van der Waals surface area contributed by atoms with E-state index in [1.54, 1.807) is 6.92 Å². The number of carbonyl (C=O) groups is 1. The van der Waals surface area contributed by atoms with Crippen LogP contribution in [0.2, 0.25) is 5.02 Å². The van der Waals surface area contributed by atoms with Gasteiger partial charge in [0.25, 0.3) is 0 Å². The molecule has 122 valence electrons. The van der Waals surface area contributed by atoms with Crippen molar-refractivity contribution in [2.45, 2.75) is 24.8 Å². The maximum atomic E-state index is 12.1. The third-order valence-corrected chi connectivity index (χ3v) is 4.70. The van der Waals surface area contributed by atoms with Crippen molar-refractivity contribution in [3.05, 3.63) is 58.6 Å². The van der Waals surface area contributed by atoms with Crippen LogP contribution in [0.5, 0.6) is 0 Å². The maximum Gasteiger partial charge on any atom is 0.239 e. The first-order valence-electron chi connectivity index (χ1n) is 7.00. The van der Waals surface area contributed by atoms with E-state index in [4.69, 9.17) is 16.7 Å². The van der Waals surface area contributed by atoms with Crippen molar-refractivity contribution in [1.82, 2.24) is 0 Å². The fraction of sp³-hybridized carbons (Fsp3) is 0.188. The molecule has 0 aliphatic carbocycles. The van der Waals surface area contributed by atoms with Gasteiger partial charge in [0, 0.05) is 24.2 Å². The number of rotatable bonds is 6. The van der Waals surface area contributed by atoms with Gasteiger partial charge in [-0.2, -0.15) is 0 Å². The summed E-state index contributed by atoms with van der Waals surface area (Å²) in [5, 5.41) is 8.24. The quantitative estimate of drug-likeness (QED) is 0.781. The van der Waals surface area contributed by atoms with Gasteiger partial charge in [0.1, 0.15) is 4.90 Å². The number of sulfonamides is 1. The summed E-state index contributed by atoms with van der Waals surface area (Å²) >= 11 is 6.01. The number of hydrogen-bond acceptors (Lipinski definition) is 4. The van der Waals surface area contributed by atoms with Crippen LogP contribution in [-0.2, 0) is 16.6 Å². The molecule has 0 aliphatic rings. The Morgan fingerprint density at radius 1 is 1.22 bits per heavy atom. The second kappa shape index (κ2) is 7.12. The molecule has 0 aliphatic heterocycles. The molecule has 0 radical (unpaired) electrons. The number of anilines is 1. The molecule has 0 spiro atoms. The predicted molar refractivity (Wildman–Crippen MR) is 91.2 cm³/mol. The molecule has 5 nitrogen and oxygen atoms in total. The lowest BCUT2D eigenvalue weighted by Gasteiger charge is -2.14. The fourth-order valence-electron chi connectivity index (χ4n) is 2.13. The molecule has 0 heterocycles. The van der Waals surface area contributed by atoms with Crippen LogP contribution < -0.4 is 10.5 Å². The zero-order chi connectivity index (χ0) is 17.0. The summed E-state index contributed by atoms with van der Waals surface area (Å²) in [6, 6.07) is 12.3. The molecule has 0 fully saturated rings. The number of ketones is 1. The predicted octanol–water partition coefficient (Wildman–Crippen LogP) is 3.19. The van der Waals surface area contributed by atoms with Crippen molar-refractivity contribution in [1.29, 1.82) is 0 Å². The van der Waals surface area contributed by atoms with Gasteiger partial charge in [-0.15, -0.1) is 0 Å². The van der Waals surface area contributed by atoms with Gasteiger partial charge in [-0.25, -0.2) is 13.6 Å². The van der Waals surface area contributed by atoms with Gasteiger partial charge >= 0.3 is 0 Å². The Morgan fingerprint density at radius 2 is 1.87 bits per heavy atom. The minimum Gasteiger partial charge on any atom is -0.380 e. The Balaban J connectivity index is 2.41. The Hall–Kier alpha value is -1.89. The average molecular weight is 353 g/mol. The molecule has 0 saturated carbocycles. The molecule has 0 bridgehead atoms. The summed E-state index contributed by atoms with van der Waals surface area (Å²) in [5.74, 6) is -0.192. The number of hydrogen-bond donors (Lipinski definition) is 2. The summed E-state index contributed by atoms with van der Waals surface area (Å²) in [7, 11) is -3.99. The second-order valence-electron chi connectivity index (χ2n) is 4.99. The van der Waals surface area contributed by atoms with E-state index in [2.05, 4.69) is 5.32 Å². The Labute approximate surface area is 140 Å². The highest BCUT2D eigenvalue weighted by molar-refractivity contribution is 7.89. The topological polar surface area (TPSA) is 89.3 Å². The normalized spacial score (nSPS) is 11.3. The van der Waals surface area contributed by atoms with Crippen molar-refractivity contribution in [2.75, 3.05) is 5.32 Å². The van der Waals surface area contributed by atoms with Crippen LogP contribution in [-0.4, -0.2) is 14.2 Å². The van der Waals surface area contributed by atoms with Crippen molar-refractivity contribution < 1.29 is 13.2 Å². The van der Waals surface area contributed by atoms with Crippen molar-refractivity contribution in [3.8, 4) is 0 Å². The molecule has 0 atom stereocenters. The highest BCUT2D eigenvalue weighted by atomic mass is 35.5. The van der Waals surface area contributed by atoms with Crippen LogP contribution in [0.1, 0.15) is 29.3 Å². The SMILES string of the molecule is CCC(=O)c1cc(S(N)(=O)=O)c(Cl)cc1NCc1ccccc1. The first kappa shape index (κ1) is 17.5. The van der Waals surface area contributed by atoms with E-state index in [1.165, 1.54) is 12.1 Å². The maximum absolute atomic E-state index is 12.1. The van der Waals surface area contributed by atoms with E-state index in [0.29, 0.717) is 12.2 Å². The minimum atomic E-state index is -3.99. The molecule has 0 amide bonds. The number of nitrogens with two attached hydrogens (primary N) is 1. The standard InChI is InChI=1S/C16H17ClN2O3S/c1-2-15(20)12-8-16(23(18,21)22)13(17)9-14(12)19-10-11-6-4-3-5-7-11/h3-9,19H,2,10H2,1H3,(H2,18,21,22). The van der Waals surface area contributed by atoms with Crippen LogP contribution in [0.15, 0.2) is 47.4 Å². The lowest BCUT2D eigenvalue weighted by atomic mass is 10.1. The Bertz CT molecular complexity index is 821. The zero-order valence-corrected chi connectivity index (χ0v) is 14.1. The van der Waals surface area contributed by atoms with Crippen LogP contribution in [0, 0.1) is 0 Å². The van der Waals surface area contributed by atoms with E-state index in [9.17, 15) is 13.2 Å². The van der Waals surface area contributed by atoms with Crippen molar-refractivity contribution in [2.24, 2.45) is 5.14 Å². The lowest BCUT2D eigenvalue weighted by Crippen LogP contribution is -2.15. The molecular weight excluding hydrogens is 336 g/mol. The first-order chi connectivity index (χ1) is 10.8. The molecule has 0 unspecified atom stereocenters. The number of primary sulfonamides is 1. The number of halogens is 1. The summed E-state index contributed by atoms with van der Waals surface area (Å²) in [5.41, 5.74) is 1.77. The summed E-state index contributed by atoms with van der Waals surface area (Å²) < 4.78 is 23.1. The number of carbonyl (C=O) groups excluding carboxylic acids is 1. The molecule has 7 heteroatoms. The fourth-order valence-corrected chi connectivity index (χ4v) is 3.23. The molecule has 2 aromatic rings. The molecule has 3 N–H and O–H groups in total. The third-order valence-electron chi connectivity index (χ3n) is 3.33. The van der Waals surface area contributed by atoms with Gasteiger partial charge < -0.3 is 5.32 Å².